The lowest BCUT2D eigenvalue weighted by molar-refractivity contribution is 0.0533. The van der Waals surface area contributed by atoms with Crippen LogP contribution in [0.1, 0.15) is 19.8 Å². The van der Waals surface area contributed by atoms with Gasteiger partial charge in [-0.05, 0) is 25.7 Å². The summed E-state index contributed by atoms with van der Waals surface area (Å²) in [5.74, 6) is 0.828. The van der Waals surface area contributed by atoms with Gasteiger partial charge < -0.3 is 15.4 Å². The standard InChI is InChI=1S/C10H20N2O/c1-8(12-10-6-11-7-10)9-2-4-13-5-3-9/h8-12H,2-7H2,1H3. The summed E-state index contributed by atoms with van der Waals surface area (Å²) in [4.78, 5) is 0. The van der Waals surface area contributed by atoms with E-state index in [1.807, 2.05) is 0 Å². The molecule has 0 amide bonds. The van der Waals surface area contributed by atoms with E-state index >= 15 is 0 Å². The lowest BCUT2D eigenvalue weighted by Gasteiger charge is -2.35. The monoisotopic (exact) mass is 184 g/mol. The largest absolute Gasteiger partial charge is 0.381 e. The summed E-state index contributed by atoms with van der Waals surface area (Å²) in [6.07, 6.45) is 2.46. The average Bonchev–Trinajstić information content (AvgIpc) is 2.12. The quantitative estimate of drug-likeness (QED) is 0.664. The van der Waals surface area contributed by atoms with E-state index in [9.17, 15) is 0 Å². The van der Waals surface area contributed by atoms with Gasteiger partial charge in [0.05, 0.1) is 0 Å². The van der Waals surface area contributed by atoms with E-state index in [-0.39, 0.29) is 0 Å². The second-order valence-corrected chi connectivity index (χ2v) is 4.26. The third-order valence-corrected chi connectivity index (χ3v) is 3.25. The van der Waals surface area contributed by atoms with Crippen molar-refractivity contribution >= 4 is 0 Å². The molecule has 3 nitrogen and oxygen atoms in total. The summed E-state index contributed by atoms with van der Waals surface area (Å²) in [7, 11) is 0. The molecule has 2 aliphatic heterocycles. The van der Waals surface area contributed by atoms with Gasteiger partial charge in [0.15, 0.2) is 0 Å². The summed E-state index contributed by atoms with van der Waals surface area (Å²) in [5.41, 5.74) is 0. The van der Waals surface area contributed by atoms with E-state index < -0.39 is 0 Å². The molecule has 0 aromatic carbocycles. The van der Waals surface area contributed by atoms with Gasteiger partial charge in [0.2, 0.25) is 0 Å². The topological polar surface area (TPSA) is 33.3 Å². The summed E-state index contributed by atoms with van der Waals surface area (Å²) in [6.45, 7) is 6.52. The molecule has 13 heavy (non-hydrogen) atoms. The first-order valence-electron chi connectivity index (χ1n) is 5.41. The maximum Gasteiger partial charge on any atom is 0.0469 e. The Labute approximate surface area is 80.2 Å². The molecule has 1 atom stereocenters. The average molecular weight is 184 g/mol. The highest BCUT2D eigenvalue weighted by Gasteiger charge is 2.24. The van der Waals surface area contributed by atoms with Crippen LogP contribution in [0.2, 0.25) is 0 Å². The second kappa shape index (κ2) is 4.40. The van der Waals surface area contributed by atoms with Crippen molar-refractivity contribution in [3.63, 3.8) is 0 Å². The minimum absolute atomic E-state index is 0.663. The minimum atomic E-state index is 0.663. The van der Waals surface area contributed by atoms with Gasteiger partial charge in [0.25, 0.3) is 0 Å². The molecule has 2 saturated heterocycles. The molecule has 0 bridgehead atoms. The van der Waals surface area contributed by atoms with E-state index in [0.717, 1.165) is 38.3 Å². The predicted molar refractivity (Wildman–Crippen MR) is 52.8 cm³/mol. The van der Waals surface area contributed by atoms with Gasteiger partial charge in [-0.15, -0.1) is 0 Å². The molecule has 2 N–H and O–H groups in total. The van der Waals surface area contributed by atoms with E-state index in [1.165, 1.54) is 12.8 Å². The Morgan fingerprint density at radius 1 is 1.31 bits per heavy atom. The Hall–Kier alpha value is -0.120. The third-order valence-electron chi connectivity index (χ3n) is 3.25. The van der Waals surface area contributed by atoms with Crippen molar-refractivity contribution < 1.29 is 4.74 Å². The molecule has 0 radical (unpaired) electrons. The highest BCUT2D eigenvalue weighted by atomic mass is 16.5. The molecule has 2 rings (SSSR count). The fourth-order valence-electron chi connectivity index (χ4n) is 2.13. The molecule has 2 aliphatic rings. The Kier molecular flexibility index (Phi) is 3.19. The van der Waals surface area contributed by atoms with Crippen LogP contribution in [-0.4, -0.2) is 38.4 Å². The summed E-state index contributed by atoms with van der Waals surface area (Å²) < 4.78 is 5.36. The molecule has 0 saturated carbocycles. The first-order chi connectivity index (χ1) is 6.36. The van der Waals surface area contributed by atoms with Crippen LogP contribution in [0.15, 0.2) is 0 Å². The van der Waals surface area contributed by atoms with Crippen LogP contribution in [0.3, 0.4) is 0 Å². The third kappa shape index (κ3) is 2.42. The molecule has 3 heteroatoms. The molecule has 2 fully saturated rings. The molecule has 0 spiro atoms. The zero-order valence-corrected chi connectivity index (χ0v) is 8.38. The number of hydrogen-bond donors (Lipinski definition) is 2. The Morgan fingerprint density at radius 3 is 2.54 bits per heavy atom. The van der Waals surface area contributed by atoms with E-state index in [0.29, 0.717) is 6.04 Å². The van der Waals surface area contributed by atoms with Crippen molar-refractivity contribution in [1.82, 2.24) is 10.6 Å². The van der Waals surface area contributed by atoms with Crippen LogP contribution in [0.25, 0.3) is 0 Å². The number of nitrogens with one attached hydrogen (secondary N) is 2. The van der Waals surface area contributed by atoms with Gasteiger partial charge in [-0.25, -0.2) is 0 Å². The van der Waals surface area contributed by atoms with Gasteiger partial charge in [0.1, 0.15) is 0 Å². The van der Waals surface area contributed by atoms with Crippen LogP contribution in [0.4, 0.5) is 0 Å². The van der Waals surface area contributed by atoms with Crippen molar-refractivity contribution in [2.45, 2.75) is 31.8 Å². The highest BCUT2D eigenvalue weighted by Crippen LogP contribution is 2.19. The Morgan fingerprint density at radius 2 is 2.00 bits per heavy atom. The zero-order chi connectivity index (χ0) is 9.10. The van der Waals surface area contributed by atoms with Crippen LogP contribution in [0, 0.1) is 5.92 Å². The van der Waals surface area contributed by atoms with Gasteiger partial charge in [0, 0.05) is 38.4 Å². The van der Waals surface area contributed by atoms with Crippen molar-refractivity contribution in [2.75, 3.05) is 26.3 Å². The lowest BCUT2D eigenvalue weighted by atomic mass is 9.92. The Balaban J connectivity index is 1.70. The molecule has 0 aromatic rings. The van der Waals surface area contributed by atoms with Crippen molar-refractivity contribution in [3.8, 4) is 0 Å². The van der Waals surface area contributed by atoms with E-state index in [2.05, 4.69) is 17.6 Å². The van der Waals surface area contributed by atoms with Crippen LogP contribution >= 0.6 is 0 Å². The van der Waals surface area contributed by atoms with Crippen LogP contribution < -0.4 is 10.6 Å². The first-order valence-corrected chi connectivity index (χ1v) is 5.41. The zero-order valence-electron chi connectivity index (χ0n) is 8.38. The summed E-state index contributed by atoms with van der Waals surface area (Å²) in [5, 5.41) is 6.95. The van der Waals surface area contributed by atoms with Gasteiger partial charge in [-0.1, -0.05) is 0 Å². The minimum Gasteiger partial charge on any atom is -0.381 e. The number of ether oxygens (including phenoxy) is 1. The summed E-state index contributed by atoms with van der Waals surface area (Å²) >= 11 is 0. The normalized spacial score (nSPS) is 28.4. The number of rotatable bonds is 3. The first kappa shape index (κ1) is 9.44. The predicted octanol–water partition coefficient (Wildman–Crippen LogP) is 0.363. The Bertz CT molecular complexity index is 153. The molecule has 76 valence electrons. The van der Waals surface area contributed by atoms with Crippen LogP contribution in [0.5, 0.6) is 0 Å². The van der Waals surface area contributed by atoms with E-state index in [1.54, 1.807) is 0 Å². The molecule has 1 unspecified atom stereocenters. The molecule has 0 aliphatic carbocycles. The lowest BCUT2D eigenvalue weighted by Crippen LogP contribution is -2.58. The van der Waals surface area contributed by atoms with Crippen molar-refractivity contribution in [3.05, 3.63) is 0 Å². The van der Waals surface area contributed by atoms with Crippen LogP contribution in [-0.2, 0) is 4.74 Å². The van der Waals surface area contributed by atoms with E-state index in [4.69, 9.17) is 4.74 Å². The molecular weight excluding hydrogens is 164 g/mol. The maximum atomic E-state index is 5.36. The van der Waals surface area contributed by atoms with Crippen molar-refractivity contribution in [2.24, 2.45) is 5.92 Å². The van der Waals surface area contributed by atoms with Gasteiger partial charge in [-0.3, -0.25) is 0 Å². The van der Waals surface area contributed by atoms with Crippen molar-refractivity contribution in [1.29, 1.82) is 0 Å². The molecular formula is C10H20N2O. The van der Waals surface area contributed by atoms with Gasteiger partial charge in [-0.2, -0.15) is 0 Å². The second-order valence-electron chi connectivity index (χ2n) is 4.26. The SMILES string of the molecule is CC(NC1CNC1)C1CCOCC1. The highest BCUT2D eigenvalue weighted by molar-refractivity contribution is 4.86. The summed E-state index contributed by atoms with van der Waals surface area (Å²) in [6, 6.07) is 1.38. The fourth-order valence-corrected chi connectivity index (χ4v) is 2.13. The molecule has 2 heterocycles. The molecule has 0 aromatic heterocycles. The number of hydrogen-bond acceptors (Lipinski definition) is 3. The van der Waals surface area contributed by atoms with Gasteiger partial charge >= 0.3 is 0 Å². The maximum absolute atomic E-state index is 5.36. The fraction of sp³-hybridized carbons (Fsp3) is 1.00. The smallest absolute Gasteiger partial charge is 0.0469 e.